The molecule has 2 aliphatic rings. The minimum Gasteiger partial charge on any atom is -0.352 e. The van der Waals surface area contributed by atoms with Gasteiger partial charge in [0.2, 0.25) is 15.9 Å². The molecule has 2 unspecified atom stereocenters. The first-order valence-electron chi connectivity index (χ1n) is 9.09. The van der Waals surface area contributed by atoms with Crippen molar-refractivity contribution >= 4 is 28.3 Å². The number of hydrogen-bond acceptors (Lipinski definition) is 4. The van der Waals surface area contributed by atoms with Crippen molar-refractivity contribution < 1.29 is 13.2 Å². The second kappa shape index (κ2) is 9.17. The van der Waals surface area contributed by atoms with E-state index in [2.05, 4.69) is 5.32 Å². The summed E-state index contributed by atoms with van der Waals surface area (Å²) >= 11 is 0. The molecule has 1 heterocycles. The molecule has 2 fully saturated rings. The summed E-state index contributed by atoms with van der Waals surface area (Å²) in [6, 6.07) is 6.93. The van der Waals surface area contributed by atoms with E-state index in [-0.39, 0.29) is 30.3 Å². The molecule has 1 aromatic carbocycles. The smallest absolute Gasteiger partial charge is 0.243 e. The number of carbonyl (C=O) groups excluding carboxylic acids is 1. The maximum Gasteiger partial charge on any atom is 0.243 e. The van der Waals surface area contributed by atoms with Gasteiger partial charge in [-0.2, -0.15) is 4.31 Å². The van der Waals surface area contributed by atoms with Gasteiger partial charge < -0.3 is 11.1 Å². The van der Waals surface area contributed by atoms with E-state index in [1.165, 1.54) is 4.31 Å². The van der Waals surface area contributed by atoms with Crippen LogP contribution in [0.2, 0.25) is 0 Å². The van der Waals surface area contributed by atoms with Crippen molar-refractivity contribution in [1.29, 1.82) is 0 Å². The van der Waals surface area contributed by atoms with E-state index < -0.39 is 10.0 Å². The first-order valence-corrected chi connectivity index (χ1v) is 10.5. The average Bonchev–Trinajstić information content (AvgIpc) is 3.15. The SMILES string of the molecule is Cl.NC1CCCC(C(=O)NCc2ccc(S(=O)(=O)N3CCCC3)cc2)C1. The maximum atomic E-state index is 12.5. The zero-order valence-electron chi connectivity index (χ0n) is 14.9. The molecule has 1 saturated carbocycles. The van der Waals surface area contributed by atoms with E-state index >= 15 is 0 Å². The predicted molar refractivity (Wildman–Crippen MR) is 103 cm³/mol. The number of nitrogens with two attached hydrogens (primary N) is 1. The Labute approximate surface area is 162 Å². The van der Waals surface area contributed by atoms with Gasteiger partial charge >= 0.3 is 0 Å². The lowest BCUT2D eigenvalue weighted by Gasteiger charge is -2.25. The third-order valence-corrected chi connectivity index (χ3v) is 7.09. The summed E-state index contributed by atoms with van der Waals surface area (Å²) in [6.45, 7) is 1.61. The van der Waals surface area contributed by atoms with Crippen molar-refractivity contribution in [2.24, 2.45) is 11.7 Å². The van der Waals surface area contributed by atoms with Gasteiger partial charge in [-0.3, -0.25) is 4.79 Å². The Kier molecular flexibility index (Phi) is 7.46. The fraction of sp³-hybridized carbons (Fsp3) is 0.611. The van der Waals surface area contributed by atoms with Gasteiger partial charge in [0.05, 0.1) is 4.90 Å². The van der Waals surface area contributed by atoms with Crippen molar-refractivity contribution in [2.45, 2.75) is 56.0 Å². The molecule has 6 nitrogen and oxygen atoms in total. The largest absolute Gasteiger partial charge is 0.352 e. The average molecular weight is 402 g/mol. The number of hydrogen-bond donors (Lipinski definition) is 2. The highest BCUT2D eigenvalue weighted by Crippen LogP contribution is 2.24. The van der Waals surface area contributed by atoms with Crippen molar-refractivity contribution in [1.82, 2.24) is 9.62 Å². The summed E-state index contributed by atoms with van der Waals surface area (Å²) < 4.78 is 26.5. The molecule has 0 radical (unpaired) electrons. The second-order valence-electron chi connectivity index (χ2n) is 7.10. The molecule has 0 bridgehead atoms. The van der Waals surface area contributed by atoms with Crippen molar-refractivity contribution in [2.75, 3.05) is 13.1 Å². The van der Waals surface area contributed by atoms with Gasteiger partial charge in [-0.05, 0) is 49.8 Å². The van der Waals surface area contributed by atoms with E-state index in [0.29, 0.717) is 24.5 Å². The van der Waals surface area contributed by atoms with E-state index in [0.717, 1.165) is 44.1 Å². The monoisotopic (exact) mass is 401 g/mol. The number of rotatable bonds is 5. The van der Waals surface area contributed by atoms with Crippen LogP contribution >= 0.6 is 12.4 Å². The molecule has 1 aliphatic heterocycles. The molecule has 26 heavy (non-hydrogen) atoms. The lowest BCUT2D eigenvalue weighted by molar-refractivity contribution is -0.126. The molecule has 0 aromatic heterocycles. The summed E-state index contributed by atoms with van der Waals surface area (Å²) in [5.41, 5.74) is 6.84. The molecule has 3 N–H and O–H groups in total. The van der Waals surface area contributed by atoms with Gasteiger partial charge in [-0.15, -0.1) is 12.4 Å². The molecule has 2 atom stereocenters. The van der Waals surface area contributed by atoms with Gasteiger partial charge in [0, 0.05) is 31.6 Å². The van der Waals surface area contributed by atoms with Crippen LogP contribution in [0.1, 0.15) is 44.1 Å². The first-order chi connectivity index (χ1) is 12.0. The highest BCUT2D eigenvalue weighted by molar-refractivity contribution is 7.89. The van der Waals surface area contributed by atoms with E-state index in [9.17, 15) is 13.2 Å². The van der Waals surface area contributed by atoms with E-state index in [4.69, 9.17) is 5.73 Å². The fourth-order valence-corrected chi connectivity index (χ4v) is 5.17. The summed E-state index contributed by atoms with van der Waals surface area (Å²) in [7, 11) is -3.38. The third kappa shape index (κ3) is 4.97. The van der Waals surface area contributed by atoms with Gasteiger partial charge in [-0.25, -0.2) is 8.42 Å². The quantitative estimate of drug-likeness (QED) is 0.789. The van der Waals surface area contributed by atoms with Crippen LogP contribution in [-0.4, -0.2) is 37.8 Å². The Hall–Kier alpha value is -1.15. The Morgan fingerprint density at radius 2 is 1.77 bits per heavy atom. The minimum absolute atomic E-state index is 0. The zero-order valence-corrected chi connectivity index (χ0v) is 16.5. The molecular formula is C18H28ClN3O3S. The van der Waals surface area contributed by atoms with Gasteiger partial charge in [0.25, 0.3) is 0 Å². The zero-order chi connectivity index (χ0) is 17.9. The maximum absolute atomic E-state index is 12.5. The van der Waals surface area contributed by atoms with Crippen molar-refractivity contribution in [3.63, 3.8) is 0 Å². The topological polar surface area (TPSA) is 92.5 Å². The van der Waals surface area contributed by atoms with Crippen LogP contribution < -0.4 is 11.1 Å². The Balaban J connectivity index is 0.00000243. The number of nitrogens with zero attached hydrogens (tertiary/aromatic N) is 1. The van der Waals surface area contributed by atoms with Crippen LogP contribution in [0.5, 0.6) is 0 Å². The lowest BCUT2D eigenvalue weighted by atomic mass is 9.85. The first kappa shape index (κ1) is 21.2. The third-order valence-electron chi connectivity index (χ3n) is 5.18. The molecular weight excluding hydrogens is 374 g/mol. The lowest BCUT2D eigenvalue weighted by Crippen LogP contribution is -2.37. The number of carbonyl (C=O) groups is 1. The summed E-state index contributed by atoms with van der Waals surface area (Å²) in [5.74, 6) is 0.0440. The Morgan fingerprint density at radius 1 is 1.12 bits per heavy atom. The summed E-state index contributed by atoms with van der Waals surface area (Å²) in [5, 5.41) is 2.95. The van der Waals surface area contributed by atoms with Crippen molar-refractivity contribution in [3.05, 3.63) is 29.8 Å². The highest BCUT2D eigenvalue weighted by Gasteiger charge is 2.27. The molecule has 1 aromatic rings. The van der Waals surface area contributed by atoms with Crippen LogP contribution in [-0.2, 0) is 21.4 Å². The second-order valence-corrected chi connectivity index (χ2v) is 9.03. The Morgan fingerprint density at radius 3 is 2.38 bits per heavy atom. The normalized spacial score (nSPS) is 24.0. The molecule has 1 aliphatic carbocycles. The molecule has 1 saturated heterocycles. The molecule has 8 heteroatoms. The number of nitrogens with one attached hydrogen (secondary N) is 1. The van der Waals surface area contributed by atoms with E-state index in [1.54, 1.807) is 24.3 Å². The molecule has 3 rings (SSSR count). The van der Waals surface area contributed by atoms with E-state index in [1.807, 2.05) is 0 Å². The number of halogens is 1. The van der Waals surface area contributed by atoms with Gasteiger partial charge in [0.1, 0.15) is 0 Å². The number of benzene rings is 1. The van der Waals surface area contributed by atoms with Gasteiger partial charge in [-0.1, -0.05) is 18.6 Å². The van der Waals surface area contributed by atoms with Crippen molar-refractivity contribution in [3.8, 4) is 0 Å². The highest BCUT2D eigenvalue weighted by atomic mass is 35.5. The van der Waals surface area contributed by atoms with Gasteiger partial charge in [0.15, 0.2) is 0 Å². The standard InChI is InChI=1S/C18H27N3O3S.ClH/c19-16-5-3-4-15(12-16)18(22)20-13-14-6-8-17(9-7-14)25(23,24)21-10-1-2-11-21;/h6-9,15-16H,1-5,10-13,19H2,(H,20,22);1H. The van der Waals surface area contributed by atoms with Crippen LogP contribution in [0.25, 0.3) is 0 Å². The number of sulfonamides is 1. The van der Waals surface area contributed by atoms with Crippen LogP contribution in [0, 0.1) is 5.92 Å². The molecule has 1 amide bonds. The van der Waals surface area contributed by atoms with Crippen LogP contribution in [0.3, 0.4) is 0 Å². The molecule has 146 valence electrons. The predicted octanol–water partition coefficient (Wildman–Crippen LogP) is 2.03. The summed E-state index contributed by atoms with van der Waals surface area (Å²) in [4.78, 5) is 12.6. The minimum atomic E-state index is -3.38. The van der Waals surface area contributed by atoms with Crippen LogP contribution in [0.4, 0.5) is 0 Å². The van der Waals surface area contributed by atoms with Crippen LogP contribution in [0.15, 0.2) is 29.2 Å². The molecule has 0 spiro atoms. The summed E-state index contributed by atoms with van der Waals surface area (Å²) in [6.07, 6.45) is 5.49. The number of amides is 1. The Bertz CT molecular complexity index is 703. The fourth-order valence-electron chi connectivity index (χ4n) is 3.66.